The molecule has 31 heavy (non-hydrogen) atoms. The fraction of sp³-hybridized carbons (Fsp3) is 0.400. The minimum atomic E-state index is -3.91. The Hall–Kier alpha value is -2.28. The molecular formula is C25H28O5S. The molecule has 1 saturated carbocycles. The first kappa shape index (κ1) is 21.9. The molecule has 0 spiro atoms. The van der Waals surface area contributed by atoms with Gasteiger partial charge in [0.1, 0.15) is 12.0 Å². The maximum atomic E-state index is 13.7. The summed E-state index contributed by atoms with van der Waals surface area (Å²) in [5.74, 6) is -0.876. The first-order valence-electron chi connectivity index (χ1n) is 10.6. The van der Waals surface area contributed by atoms with E-state index in [1.54, 1.807) is 30.3 Å². The number of ether oxygens (including phenoxy) is 2. The molecule has 1 fully saturated rings. The van der Waals surface area contributed by atoms with Gasteiger partial charge in [-0.25, -0.2) is 8.42 Å². The number of Topliss-reactive ketones (excluding diaryl/α,β-unsaturated/α-hetero) is 1. The number of hydrogen-bond acceptors (Lipinski definition) is 5. The number of carbonyl (C=O) groups is 1. The third kappa shape index (κ3) is 3.77. The van der Waals surface area contributed by atoms with Gasteiger partial charge >= 0.3 is 0 Å². The van der Waals surface area contributed by atoms with E-state index in [2.05, 4.69) is 13.8 Å². The van der Waals surface area contributed by atoms with Gasteiger partial charge in [-0.15, -0.1) is 0 Å². The van der Waals surface area contributed by atoms with Crippen LogP contribution in [-0.4, -0.2) is 39.0 Å². The van der Waals surface area contributed by atoms with Gasteiger partial charge in [-0.3, -0.25) is 4.79 Å². The van der Waals surface area contributed by atoms with Gasteiger partial charge in [-0.05, 0) is 36.5 Å². The van der Waals surface area contributed by atoms with E-state index in [1.165, 1.54) is 0 Å². The molecule has 6 heteroatoms. The zero-order valence-corrected chi connectivity index (χ0v) is 18.9. The van der Waals surface area contributed by atoms with Crippen LogP contribution < -0.4 is 0 Å². The summed E-state index contributed by atoms with van der Waals surface area (Å²) in [4.78, 5) is 13.9. The van der Waals surface area contributed by atoms with Gasteiger partial charge in [0.15, 0.2) is 15.6 Å². The van der Waals surface area contributed by atoms with E-state index in [-0.39, 0.29) is 22.9 Å². The van der Waals surface area contributed by atoms with Crippen molar-refractivity contribution >= 4 is 21.2 Å². The second kappa shape index (κ2) is 8.34. The van der Waals surface area contributed by atoms with Crippen molar-refractivity contribution in [3.63, 3.8) is 0 Å². The summed E-state index contributed by atoms with van der Waals surface area (Å²) in [6.45, 7) is 6.58. The fourth-order valence-electron chi connectivity index (χ4n) is 5.00. The van der Waals surface area contributed by atoms with Gasteiger partial charge in [-0.1, -0.05) is 68.0 Å². The highest BCUT2D eigenvalue weighted by molar-refractivity contribution is 7.93. The van der Waals surface area contributed by atoms with Gasteiger partial charge in [0, 0.05) is 18.1 Å². The van der Waals surface area contributed by atoms with E-state index in [1.807, 2.05) is 37.3 Å². The van der Waals surface area contributed by atoms with Crippen LogP contribution in [0.5, 0.6) is 0 Å². The zero-order chi connectivity index (χ0) is 22.2. The number of fused-ring (bicyclic) bond motifs is 1. The molecule has 2 aromatic rings. The zero-order valence-electron chi connectivity index (χ0n) is 18.1. The van der Waals surface area contributed by atoms with Gasteiger partial charge in [0.05, 0.1) is 11.0 Å². The predicted molar refractivity (Wildman–Crippen MR) is 119 cm³/mol. The molecule has 0 amide bonds. The molecule has 0 aromatic heterocycles. The summed E-state index contributed by atoms with van der Waals surface area (Å²) in [5.41, 5.74) is 1.85. The van der Waals surface area contributed by atoms with Crippen molar-refractivity contribution in [1.29, 1.82) is 0 Å². The first-order valence-corrected chi connectivity index (χ1v) is 12.1. The summed E-state index contributed by atoms with van der Waals surface area (Å²) in [6.07, 6.45) is 0.160. The summed E-state index contributed by atoms with van der Waals surface area (Å²) in [5, 5.41) is -1.20. The summed E-state index contributed by atoms with van der Waals surface area (Å²) in [7, 11) is -3.91. The van der Waals surface area contributed by atoms with Gasteiger partial charge < -0.3 is 9.47 Å². The maximum Gasteiger partial charge on any atom is 0.189 e. The number of sulfone groups is 1. The minimum absolute atomic E-state index is 0.0708. The van der Waals surface area contributed by atoms with Crippen LogP contribution >= 0.6 is 0 Å². The Morgan fingerprint density at radius 1 is 1.00 bits per heavy atom. The van der Waals surface area contributed by atoms with Crippen LogP contribution in [0.25, 0.3) is 5.57 Å². The molecule has 0 unspecified atom stereocenters. The topological polar surface area (TPSA) is 69.7 Å². The smallest absolute Gasteiger partial charge is 0.189 e. The van der Waals surface area contributed by atoms with E-state index >= 15 is 0 Å². The lowest BCUT2D eigenvalue weighted by Gasteiger charge is -2.32. The predicted octanol–water partition coefficient (Wildman–Crippen LogP) is 4.29. The third-order valence-corrected chi connectivity index (χ3v) is 8.41. The van der Waals surface area contributed by atoms with Crippen molar-refractivity contribution in [3.8, 4) is 0 Å². The minimum Gasteiger partial charge on any atom is -0.356 e. The second-order valence-corrected chi connectivity index (χ2v) is 10.9. The Labute approximate surface area is 184 Å². The third-order valence-electron chi connectivity index (χ3n) is 6.30. The maximum absolute atomic E-state index is 13.7. The molecule has 0 aliphatic heterocycles. The van der Waals surface area contributed by atoms with E-state index in [4.69, 9.17) is 9.47 Å². The molecule has 0 radical (unpaired) electrons. The number of benzene rings is 2. The summed E-state index contributed by atoms with van der Waals surface area (Å²) < 4.78 is 38.9. The van der Waals surface area contributed by atoms with Crippen LogP contribution in [0.3, 0.4) is 0 Å². The molecule has 0 heterocycles. The first-order chi connectivity index (χ1) is 14.8. The molecule has 5 nitrogen and oxygen atoms in total. The molecule has 0 N–H and O–H groups in total. The number of ketones is 1. The van der Waals surface area contributed by atoms with E-state index in [0.717, 1.165) is 11.1 Å². The normalized spacial score (nSPS) is 25.1. The number of allylic oxidation sites excluding steroid dienone is 1. The Kier molecular flexibility index (Phi) is 5.90. The Balaban J connectivity index is 1.86. The van der Waals surface area contributed by atoms with Crippen LogP contribution in [0.4, 0.5) is 0 Å². The standard InChI is InChI=1S/C25H28O5S/c1-4-29-16-30-24-21-19(15-25(24,2)3)20(17-11-7-5-8-12-17)22(26)23(21)31(27,28)18-13-9-6-10-14-18/h5-14,21,23-24H,4,15-16H2,1-3H3/t21-,23+,24+/m0/s1. The van der Waals surface area contributed by atoms with Crippen LogP contribution in [0.1, 0.15) is 32.8 Å². The SMILES string of the molecule is CCOCO[C@@H]1[C@H]2C(=C(c3ccccc3)C(=O)[C@@H]2S(=O)(=O)c2ccccc2)CC1(C)C. The largest absolute Gasteiger partial charge is 0.356 e. The van der Waals surface area contributed by atoms with E-state index in [9.17, 15) is 13.2 Å². The molecule has 4 rings (SSSR count). The van der Waals surface area contributed by atoms with Crippen molar-refractivity contribution in [2.75, 3.05) is 13.4 Å². The molecular weight excluding hydrogens is 412 g/mol. The number of carbonyl (C=O) groups excluding carboxylic acids is 1. The molecule has 164 valence electrons. The van der Waals surface area contributed by atoms with Crippen molar-refractivity contribution in [2.24, 2.45) is 11.3 Å². The molecule has 3 atom stereocenters. The molecule has 0 bridgehead atoms. The van der Waals surface area contributed by atoms with Gasteiger partial charge in [0.25, 0.3) is 0 Å². The van der Waals surface area contributed by atoms with Crippen molar-refractivity contribution in [3.05, 3.63) is 71.8 Å². The van der Waals surface area contributed by atoms with Crippen LogP contribution in [0.15, 0.2) is 71.1 Å². The quantitative estimate of drug-likeness (QED) is 0.475. The highest BCUT2D eigenvalue weighted by Crippen LogP contribution is 2.56. The van der Waals surface area contributed by atoms with E-state index in [0.29, 0.717) is 18.6 Å². The lowest BCUT2D eigenvalue weighted by molar-refractivity contribution is -0.129. The van der Waals surface area contributed by atoms with Crippen LogP contribution in [0.2, 0.25) is 0 Å². The average Bonchev–Trinajstić information content (AvgIpc) is 3.17. The van der Waals surface area contributed by atoms with Crippen molar-refractivity contribution in [2.45, 2.75) is 43.4 Å². The van der Waals surface area contributed by atoms with Crippen LogP contribution in [0, 0.1) is 11.3 Å². The fourth-order valence-corrected chi connectivity index (χ4v) is 6.92. The van der Waals surface area contributed by atoms with Crippen LogP contribution in [-0.2, 0) is 24.1 Å². The highest BCUT2D eigenvalue weighted by atomic mass is 32.2. The highest BCUT2D eigenvalue weighted by Gasteiger charge is 2.60. The Morgan fingerprint density at radius 3 is 2.23 bits per heavy atom. The molecule has 2 aliphatic rings. The number of hydrogen-bond donors (Lipinski definition) is 0. The monoisotopic (exact) mass is 440 g/mol. The Bertz CT molecular complexity index is 1090. The second-order valence-electron chi connectivity index (χ2n) is 8.80. The van der Waals surface area contributed by atoms with Gasteiger partial charge in [0.2, 0.25) is 0 Å². The lowest BCUT2D eigenvalue weighted by Crippen LogP contribution is -2.43. The molecule has 2 aromatic carbocycles. The van der Waals surface area contributed by atoms with Crippen molar-refractivity contribution < 1.29 is 22.7 Å². The lowest BCUT2D eigenvalue weighted by atomic mass is 9.85. The van der Waals surface area contributed by atoms with E-state index < -0.39 is 27.1 Å². The number of rotatable bonds is 7. The Morgan fingerprint density at radius 2 is 1.61 bits per heavy atom. The molecule has 0 saturated heterocycles. The summed E-state index contributed by atoms with van der Waals surface area (Å²) >= 11 is 0. The average molecular weight is 441 g/mol. The molecule has 2 aliphatic carbocycles. The summed E-state index contributed by atoms with van der Waals surface area (Å²) in [6, 6.07) is 17.6. The van der Waals surface area contributed by atoms with Crippen molar-refractivity contribution in [1.82, 2.24) is 0 Å². The van der Waals surface area contributed by atoms with Gasteiger partial charge in [-0.2, -0.15) is 0 Å².